The molecular weight excluding hydrogens is 340 g/mol. The lowest BCUT2D eigenvalue weighted by atomic mass is 9.78. The Morgan fingerprint density at radius 2 is 1.37 bits per heavy atom. The summed E-state index contributed by atoms with van der Waals surface area (Å²) in [6.45, 7) is 10.2. The molecular formula is C23H32O4. The molecule has 2 aromatic rings. The largest absolute Gasteiger partial charge is 0.508 e. The van der Waals surface area contributed by atoms with E-state index in [9.17, 15) is 15.3 Å². The van der Waals surface area contributed by atoms with Crippen LogP contribution in [0.5, 0.6) is 11.5 Å². The van der Waals surface area contributed by atoms with Crippen molar-refractivity contribution in [2.75, 3.05) is 13.2 Å². The Labute approximate surface area is 162 Å². The van der Waals surface area contributed by atoms with Gasteiger partial charge in [0.25, 0.3) is 0 Å². The third-order valence-electron chi connectivity index (χ3n) is 5.43. The molecule has 0 heterocycles. The average molecular weight is 373 g/mol. The van der Waals surface area contributed by atoms with Gasteiger partial charge in [0.2, 0.25) is 0 Å². The second-order valence-electron chi connectivity index (χ2n) is 8.58. The predicted molar refractivity (Wildman–Crippen MR) is 108 cm³/mol. The van der Waals surface area contributed by atoms with Crippen LogP contribution in [-0.2, 0) is 5.41 Å². The summed E-state index contributed by atoms with van der Waals surface area (Å²) in [6, 6.07) is 15.2. The molecule has 2 atom stereocenters. The molecule has 0 aromatic heterocycles. The number of ether oxygens (including phenoxy) is 1. The first-order valence-corrected chi connectivity index (χ1v) is 9.39. The fourth-order valence-electron chi connectivity index (χ4n) is 3.20. The molecule has 0 radical (unpaired) electrons. The van der Waals surface area contributed by atoms with Crippen molar-refractivity contribution in [1.82, 2.24) is 0 Å². The van der Waals surface area contributed by atoms with Crippen LogP contribution < -0.4 is 4.74 Å². The smallest absolute Gasteiger partial charge is 0.119 e. The molecule has 4 heteroatoms. The predicted octanol–water partition coefficient (Wildman–Crippen LogP) is 4.11. The fourth-order valence-corrected chi connectivity index (χ4v) is 3.20. The van der Waals surface area contributed by atoms with E-state index in [4.69, 9.17) is 4.74 Å². The van der Waals surface area contributed by atoms with Gasteiger partial charge in [-0.2, -0.15) is 0 Å². The maximum absolute atomic E-state index is 10.4. The Morgan fingerprint density at radius 1 is 0.889 bits per heavy atom. The summed E-state index contributed by atoms with van der Waals surface area (Å²) >= 11 is 0. The second kappa shape index (κ2) is 8.32. The minimum absolute atomic E-state index is 0.0699. The van der Waals surface area contributed by atoms with Gasteiger partial charge >= 0.3 is 0 Å². The van der Waals surface area contributed by atoms with E-state index in [1.807, 2.05) is 57.2 Å². The minimum Gasteiger partial charge on any atom is -0.508 e. The van der Waals surface area contributed by atoms with Crippen molar-refractivity contribution < 1.29 is 20.1 Å². The van der Waals surface area contributed by atoms with E-state index in [0.29, 0.717) is 6.61 Å². The Kier molecular flexibility index (Phi) is 6.55. The Bertz CT molecular complexity index is 717. The molecule has 0 fully saturated rings. The summed E-state index contributed by atoms with van der Waals surface area (Å²) in [4.78, 5) is 0. The average Bonchev–Trinajstić information content (AvgIpc) is 2.66. The highest BCUT2D eigenvalue weighted by Gasteiger charge is 2.31. The van der Waals surface area contributed by atoms with Gasteiger partial charge in [0, 0.05) is 16.7 Å². The molecule has 2 aromatic carbocycles. The van der Waals surface area contributed by atoms with E-state index in [1.165, 1.54) is 0 Å². The van der Waals surface area contributed by atoms with Crippen molar-refractivity contribution in [3.05, 3.63) is 59.7 Å². The first kappa shape index (κ1) is 21.3. The van der Waals surface area contributed by atoms with Crippen molar-refractivity contribution in [2.24, 2.45) is 11.3 Å². The van der Waals surface area contributed by atoms with Gasteiger partial charge in [-0.1, -0.05) is 58.9 Å². The van der Waals surface area contributed by atoms with E-state index in [0.717, 1.165) is 16.9 Å². The molecule has 2 unspecified atom stereocenters. The SMILES string of the molecule is CC(COc1ccc(C(C)(C)c2ccc(O)cc2)cc1)C(O)C(C)(C)CO. The van der Waals surface area contributed by atoms with Crippen LogP contribution in [0.15, 0.2) is 48.5 Å². The Morgan fingerprint density at radius 3 is 1.85 bits per heavy atom. The van der Waals surface area contributed by atoms with Gasteiger partial charge in [-0.3, -0.25) is 0 Å². The van der Waals surface area contributed by atoms with E-state index < -0.39 is 11.5 Å². The lowest BCUT2D eigenvalue weighted by Crippen LogP contribution is -2.39. The van der Waals surface area contributed by atoms with Gasteiger partial charge in [-0.15, -0.1) is 0 Å². The van der Waals surface area contributed by atoms with Crippen LogP contribution in [0, 0.1) is 11.3 Å². The number of benzene rings is 2. The van der Waals surface area contributed by atoms with E-state index in [1.54, 1.807) is 12.1 Å². The van der Waals surface area contributed by atoms with E-state index in [2.05, 4.69) is 13.8 Å². The summed E-state index contributed by atoms with van der Waals surface area (Å²) in [6.07, 6.45) is -0.643. The number of aliphatic hydroxyl groups excluding tert-OH is 2. The topological polar surface area (TPSA) is 69.9 Å². The zero-order chi connectivity index (χ0) is 20.2. The molecule has 0 aliphatic rings. The van der Waals surface area contributed by atoms with Crippen LogP contribution >= 0.6 is 0 Å². The molecule has 4 nitrogen and oxygen atoms in total. The van der Waals surface area contributed by atoms with Crippen LogP contribution in [-0.4, -0.2) is 34.6 Å². The highest BCUT2D eigenvalue weighted by atomic mass is 16.5. The van der Waals surface area contributed by atoms with Gasteiger partial charge in [0.05, 0.1) is 19.3 Å². The zero-order valence-electron chi connectivity index (χ0n) is 16.9. The summed E-state index contributed by atoms with van der Waals surface area (Å²) in [5.41, 5.74) is 1.52. The molecule has 148 valence electrons. The first-order chi connectivity index (χ1) is 12.6. The van der Waals surface area contributed by atoms with E-state index in [-0.39, 0.29) is 23.7 Å². The molecule has 27 heavy (non-hydrogen) atoms. The second-order valence-corrected chi connectivity index (χ2v) is 8.58. The molecule has 3 N–H and O–H groups in total. The van der Waals surface area contributed by atoms with Crippen molar-refractivity contribution in [1.29, 1.82) is 0 Å². The van der Waals surface area contributed by atoms with E-state index >= 15 is 0 Å². The lowest BCUT2D eigenvalue weighted by Gasteiger charge is -2.32. The monoisotopic (exact) mass is 372 g/mol. The van der Waals surface area contributed by atoms with Gasteiger partial charge < -0.3 is 20.1 Å². The minimum atomic E-state index is -0.643. The number of phenols is 1. The molecule has 2 rings (SSSR count). The van der Waals surface area contributed by atoms with Gasteiger partial charge in [0.15, 0.2) is 0 Å². The van der Waals surface area contributed by atoms with Crippen molar-refractivity contribution in [2.45, 2.75) is 46.1 Å². The van der Waals surface area contributed by atoms with Crippen LogP contribution in [0.25, 0.3) is 0 Å². The zero-order valence-corrected chi connectivity index (χ0v) is 16.9. The summed E-state index contributed by atoms with van der Waals surface area (Å²) in [5, 5.41) is 29.3. The molecule has 0 aliphatic carbocycles. The van der Waals surface area contributed by atoms with Crippen LogP contribution in [0.1, 0.15) is 45.7 Å². The molecule has 0 spiro atoms. The lowest BCUT2D eigenvalue weighted by molar-refractivity contribution is -0.0358. The number of hydrogen-bond donors (Lipinski definition) is 3. The number of phenolic OH excluding ortho intramolecular Hbond substituents is 1. The highest BCUT2D eigenvalue weighted by Crippen LogP contribution is 2.33. The van der Waals surface area contributed by atoms with Crippen molar-refractivity contribution in [3.8, 4) is 11.5 Å². The van der Waals surface area contributed by atoms with Gasteiger partial charge in [-0.05, 0) is 35.4 Å². The number of hydrogen-bond acceptors (Lipinski definition) is 4. The maximum Gasteiger partial charge on any atom is 0.119 e. The number of aliphatic hydroxyl groups is 2. The quantitative estimate of drug-likeness (QED) is 0.652. The third kappa shape index (κ3) is 5.02. The van der Waals surface area contributed by atoms with Crippen molar-refractivity contribution >= 4 is 0 Å². The third-order valence-corrected chi connectivity index (χ3v) is 5.43. The number of aromatic hydroxyl groups is 1. The van der Waals surface area contributed by atoms with Gasteiger partial charge in [-0.25, -0.2) is 0 Å². The standard InChI is InChI=1S/C23H32O4/c1-16(21(26)22(2,3)15-24)14-27-20-12-8-18(9-13-20)23(4,5)17-6-10-19(25)11-7-17/h6-13,16,21,24-26H,14-15H2,1-5H3. The number of rotatable bonds is 8. The van der Waals surface area contributed by atoms with Crippen LogP contribution in [0.4, 0.5) is 0 Å². The van der Waals surface area contributed by atoms with Gasteiger partial charge in [0.1, 0.15) is 11.5 Å². The molecule has 0 bridgehead atoms. The highest BCUT2D eigenvalue weighted by molar-refractivity contribution is 5.41. The summed E-state index contributed by atoms with van der Waals surface area (Å²) < 4.78 is 5.84. The molecule has 0 saturated heterocycles. The summed E-state index contributed by atoms with van der Waals surface area (Å²) in [7, 11) is 0. The summed E-state index contributed by atoms with van der Waals surface area (Å²) in [5.74, 6) is 0.917. The van der Waals surface area contributed by atoms with Crippen LogP contribution in [0.3, 0.4) is 0 Å². The molecule has 0 amide bonds. The maximum atomic E-state index is 10.4. The fraction of sp³-hybridized carbons (Fsp3) is 0.478. The normalized spacial score (nSPS) is 14.6. The Balaban J connectivity index is 2.03. The van der Waals surface area contributed by atoms with Crippen molar-refractivity contribution in [3.63, 3.8) is 0 Å². The first-order valence-electron chi connectivity index (χ1n) is 9.39. The molecule has 0 saturated carbocycles. The molecule has 0 aliphatic heterocycles. The Hall–Kier alpha value is -2.04. The van der Waals surface area contributed by atoms with Crippen LogP contribution in [0.2, 0.25) is 0 Å².